The lowest BCUT2D eigenvalue weighted by atomic mass is 10.3. The number of methoxy groups -OCH3 is 1. The SMILES string of the molecule is COc1ccc(Oc2ncnc(N)c2Cl)cc1. The normalized spacial score (nSPS) is 10.0. The first-order chi connectivity index (χ1) is 8.20. The third-order valence-corrected chi connectivity index (χ3v) is 2.41. The predicted molar refractivity (Wildman–Crippen MR) is 64.5 cm³/mol. The Hall–Kier alpha value is -2.01. The zero-order chi connectivity index (χ0) is 12.3. The summed E-state index contributed by atoms with van der Waals surface area (Å²) >= 11 is 5.90. The van der Waals surface area contributed by atoms with Crippen LogP contribution in [0.4, 0.5) is 5.82 Å². The summed E-state index contributed by atoms with van der Waals surface area (Å²) in [6.07, 6.45) is 1.29. The maximum atomic E-state index is 5.90. The van der Waals surface area contributed by atoms with Crippen LogP contribution in [0, 0.1) is 0 Å². The molecule has 0 aliphatic heterocycles. The molecule has 2 rings (SSSR count). The monoisotopic (exact) mass is 251 g/mol. The van der Waals surface area contributed by atoms with Gasteiger partial charge >= 0.3 is 0 Å². The van der Waals surface area contributed by atoms with Gasteiger partial charge in [0.25, 0.3) is 0 Å². The second-order valence-corrected chi connectivity index (χ2v) is 3.53. The molecular formula is C11H10ClN3O2. The number of ether oxygens (including phenoxy) is 2. The molecule has 0 amide bonds. The minimum Gasteiger partial charge on any atom is -0.497 e. The van der Waals surface area contributed by atoms with Gasteiger partial charge in [-0.15, -0.1) is 0 Å². The first-order valence-corrected chi connectivity index (χ1v) is 5.16. The molecule has 88 valence electrons. The van der Waals surface area contributed by atoms with Gasteiger partial charge < -0.3 is 15.2 Å². The third kappa shape index (κ3) is 2.57. The minimum atomic E-state index is 0.185. The van der Waals surface area contributed by atoms with Gasteiger partial charge in [-0.25, -0.2) is 4.98 Å². The molecule has 0 saturated carbocycles. The Bertz CT molecular complexity index is 517. The average Bonchev–Trinajstić information content (AvgIpc) is 2.36. The second kappa shape index (κ2) is 4.88. The molecule has 5 nitrogen and oxygen atoms in total. The lowest BCUT2D eigenvalue weighted by Gasteiger charge is -2.07. The Labute approximate surface area is 103 Å². The number of benzene rings is 1. The van der Waals surface area contributed by atoms with Crippen LogP contribution in [0.3, 0.4) is 0 Å². The van der Waals surface area contributed by atoms with E-state index in [1.54, 1.807) is 31.4 Å². The zero-order valence-corrected chi connectivity index (χ0v) is 9.81. The van der Waals surface area contributed by atoms with Crippen molar-refractivity contribution in [3.63, 3.8) is 0 Å². The Kier molecular flexibility index (Phi) is 3.30. The van der Waals surface area contributed by atoms with Gasteiger partial charge in [0.2, 0.25) is 5.88 Å². The van der Waals surface area contributed by atoms with Gasteiger partial charge in [0, 0.05) is 0 Å². The molecule has 0 fully saturated rings. The average molecular weight is 252 g/mol. The summed E-state index contributed by atoms with van der Waals surface area (Å²) in [5.41, 5.74) is 5.54. The summed E-state index contributed by atoms with van der Waals surface area (Å²) in [6.45, 7) is 0. The molecule has 2 aromatic rings. The van der Waals surface area contributed by atoms with E-state index in [-0.39, 0.29) is 16.7 Å². The van der Waals surface area contributed by atoms with Crippen molar-refractivity contribution < 1.29 is 9.47 Å². The van der Waals surface area contributed by atoms with E-state index in [0.717, 1.165) is 5.75 Å². The molecule has 2 N–H and O–H groups in total. The number of hydrogen-bond acceptors (Lipinski definition) is 5. The molecule has 6 heteroatoms. The van der Waals surface area contributed by atoms with Crippen molar-refractivity contribution in [2.45, 2.75) is 0 Å². The molecule has 0 bridgehead atoms. The molecule has 0 aliphatic carbocycles. The van der Waals surface area contributed by atoms with Crippen LogP contribution in [0.1, 0.15) is 0 Å². The van der Waals surface area contributed by atoms with Gasteiger partial charge in [-0.05, 0) is 24.3 Å². The van der Waals surface area contributed by atoms with Crippen LogP contribution >= 0.6 is 11.6 Å². The van der Waals surface area contributed by atoms with Crippen LogP contribution in [0.5, 0.6) is 17.4 Å². The highest BCUT2D eigenvalue weighted by Gasteiger charge is 2.08. The molecular weight excluding hydrogens is 242 g/mol. The first-order valence-electron chi connectivity index (χ1n) is 4.78. The van der Waals surface area contributed by atoms with Crippen molar-refractivity contribution in [3.05, 3.63) is 35.6 Å². The van der Waals surface area contributed by atoms with Crippen molar-refractivity contribution in [2.75, 3.05) is 12.8 Å². The number of nitrogens with zero attached hydrogens (tertiary/aromatic N) is 2. The third-order valence-electron chi connectivity index (χ3n) is 2.06. The largest absolute Gasteiger partial charge is 0.497 e. The highest BCUT2D eigenvalue weighted by Crippen LogP contribution is 2.30. The van der Waals surface area contributed by atoms with E-state index in [1.807, 2.05) is 0 Å². The summed E-state index contributed by atoms with van der Waals surface area (Å²) in [5.74, 6) is 1.74. The van der Waals surface area contributed by atoms with Crippen LogP contribution < -0.4 is 15.2 Å². The summed E-state index contributed by atoms with van der Waals surface area (Å²) < 4.78 is 10.5. The molecule has 0 radical (unpaired) electrons. The van der Waals surface area contributed by atoms with Crippen molar-refractivity contribution in [2.24, 2.45) is 0 Å². The second-order valence-electron chi connectivity index (χ2n) is 3.16. The van der Waals surface area contributed by atoms with Gasteiger partial charge in [-0.2, -0.15) is 4.98 Å². The van der Waals surface area contributed by atoms with Crippen LogP contribution in [0.25, 0.3) is 0 Å². The standard InChI is InChI=1S/C11H10ClN3O2/c1-16-7-2-4-8(5-3-7)17-11-9(12)10(13)14-6-15-11/h2-6H,1H3,(H2,13,14,15). The number of aromatic nitrogens is 2. The van der Waals surface area contributed by atoms with Crippen molar-refractivity contribution >= 4 is 17.4 Å². The molecule has 0 saturated heterocycles. The summed E-state index contributed by atoms with van der Waals surface area (Å²) in [5, 5.41) is 0.198. The van der Waals surface area contributed by atoms with Crippen LogP contribution in [-0.4, -0.2) is 17.1 Å². The Morgan fingerprint density at radius 3 is 2.41 bits per heavy atom. The minimum absolute atomic E-state index is 0.185. The summed E-state index contributed by atoms with van der Waals surface area (Å²) in [7, 11) is 1.60. The molecule has 17 heavy (non-hydrogen) atoms. The molecule has 1 aromatic carbocycles. The molecule has 1 aromatic heterocycles. The van der Waals surface area contributed by atoms with Gasteiger partial charge in [0.05, 0.1) is 7.11 Å². The van der Waals surface area contributed by atoms with Crippen LogP contribution in [0.2, 0.25) is 5.02 Å². The molecule has 0 atom stereocenters. The topological polar surface area (TPSA) is 70.3 Å². The van der Waals surface area contributed by atoms with E-state index in [0.29, 0.717) is 5.75 Å². The lowest BCUT2D eigenvalue weighted by molar-refractivity contribution is 0.412. The summed E-state index contributed by atoms with van der Waals surface area (Å²) in [4.78, 5) is 7.64. The molecule has 1 heterocycles. The number of anilines is 1. The zero-order valence-electron chi connectivity index (χ0n) is 9.05. The maximum Gasteiger partial charge on any atom is 0.243 e. The summed E-state index contributed by atoms with van der Waals surface area (Å²) in [6, 6.07) is 7.03. The fraction of sp³-hybridized carbons (Fsp3) is 0.0909. The molecule has 0 spiro atoms. The highest BCUT2D eigenvalue weighted by atomic mass is 35.5. The van der Waals surface area contributed by atoms with Crippen molar-refractivity contribution in [3.8, 4) is 17.4 Å². The predicted octanol–water partition coefficient (Wildman–Crippen LogP) is 2.51. The maximum absolute atomic E-state index is 5.90. The van der Waals surface area contributed by atoms with Crippen molar-refractivity contribution in [1.29, 1.82) is 0 Å². The number of rotatable bonds is 3. The molecule has 0 unspecified atom stereocenters. The number of hydrogen-bond donors (Lipinski definition) is 1. The fourth-order valence-corrected chi connectivity index (χ4v) is 1.33. The quantitative estimate of drug-likeness (QED) is 0.908. The number of nitrogen functional groups attached to an aromatic ring is 1. The first kappa shape index (κ1) is 11.5. The molecule has 0 aliphatic rings. The van der Waals surface area contributed by atoms with E-state index in [1.165, 1.54) is 6.33 Å². The van der Waals surface area contributed by atoms with E-state index >= 15 is 0 Å². The Morgan fingerprint density at radius 2 is 1.76 bits per heavy atom. The van der Waals surface area contributed by atoms with E-state index in [9.17, 15) is 0 Å². The van der Waals surface area contributed by atoms with Gasteiger partial charge in [-0.3, -0.25) is 0 Å². The Balaban J connectivity index is 2.22. The van der Waals surface area contributed by atoms with Crippen molar-refractivity contribution in [1.82, 2.24) is 9.97 Å². The van der Waals surface area contributed by atoms with Gasteiger partial charge in [0.15, 0.2) is 0 Å². The highest BCUT2D eigenvalue weighted by molar-refractivity contribution is 6.34. The number of nitrogens with two attached hydrogens (primary N) is 1. The Morgan fingerprint density at radius 1 is 1.12 bits per heavy atom. The van der Waals surface area contributed by atoms with E-state index in [2.05, 4.69) is 9.97 Å². The smallest absolute Gasteiger partial charge is 0.243 e. The van der Waals surface area contributed by atoms with Crippen LogP contribution in [0.15, 0.2) is 30.6 Å². The van der Waals surface area contributed by atoms with Gasteiger partial charge in [0.1, 0.15) is 28.7 Å². The lowest BCUT2D eigenvalue weighted by Crippen LogP contribution is -1.96. The van der Waals surface area contributed by atoms with E-state index in [4.69, 9.17) is 26.8 Å². The van der Waals surface area contributed by atoms with E-state index < -0.39 is 0 Å². The fourth-order valence-electron chi connectivity index (χ4n) is 1.19. The van der Waals surface area contributed by atoms with Crippen LogP contribution in [-0.2, 0) is 0 Å². The number of halogens is 1. The van der Waals surface area contributed by atoms with Gasteiger partial charge in [-0.1, -0.05) is 11.6 Å².